The molecule has 0 fully saturated rings. The molecule has 2 rings (SSSR count). The van der Waals surface area contributed by atoms with E-state index >= 15 is 0 Å². The van der Waals surface area contributed by atoms with Crippen LogP contribution in [0.5, 0.6) is 0 Å². The number of nitrogens with one attached hydrogen (secondary N) is 1. The lowest BCUT2D eigenvalue weighted by molar-refractivity contribution is -0.116. The molecule has 138 valence electrons. The van der Waals surface area contributed by atoms with Crippen LogP contribution >= 0.6 is 35.0 Å². The summed E-state index contributed by atoms with van der Waals surface area (Å²) in [5.74, 6) is -0.584. The molecule has 0 heterocycles. The molecule has 0 bridgehead atoms. The minimum atomic E-state index is -0.371. The van der Waals surface area contributed by atoms with Crippen molar-refractivity contribution in [3.63, 3.8) is 0 Å². The van der Waals surface area contributed by atoms with Crippen molar-refractivity contribution in [3.8, 4) is 0 Å². The maximum atomic E-state index is 12.7. The Hall–Kier alpha value is -1.69. The van der Waals surface area contributed by atoms with Crippen LogP contribution in [0.25, 0.3) is 0 Å². The molecule has 26 heavy (non-hydrogen) atoms. The Morgan fingerprint density at radius 1 is 1.08 bits per heavy atom. The fourth-order valence-corrected chi connectivity index (χ4v) is 3.73. The number of amides is 2. The van der Waals surface area contributed by atoms with Gasteiger partial charge in [0, 0.05) is 17.2 Å². The lowest BCUT2D eigenvalue weighted by Gasteiger charge is -2.19. The van der Waals surface area contributed by atoms with E-state index in [1.54, 1.807) is 43.1 Å². The van der Waals surface area contributed by atoms with Gasteiger partial charge in [-0.15, -0.1) is 11.8 Å². The molecule has 2 aromatic carbocycles. The molecule has 0 aromatic heterocycles. The first-order valence-electron chi connectivity index (χ1n) is 8.04. The quantitative estimate of drug-likeness (QED) is 0.665. The predicted octanol–water partition coefficient (Wildman–Crippen LogP) is 5.20. The number of anilines is 1. The summed E-state index contributed by atoms with van der Waals surface area (Å²) in [4.78, 5) is 27.3. The number of rotatable bonds is 6. The molecule has 0 aliphatic rings. The zero-order valence-corrected chi connectivity index (χ0v) is 17.1. The predicted molar refractivity (Wildman–Crippen MR) is 109 cm³/mol. The van der Waals surface area contributed by atoms with Gasteiger partial charge < -0.3 is 10.2 Å². The molecule has 0 radical (unpaired) electrons. The van der Waals surface area contributed by atoms with Gasteiger partial charge in [-0.3, -0.25) is 9.59 Å². The molecule has 7 heteroatoms. The first-order valence-corrected chi connectivity index (χ1v) is 9.68. The average molecular weight is 411 g/mol. The maximum absolute atomic E-state index is 12.7. The van der Waals surface area contributed by atoms with Crippen LogP contribution in [0.2, 0.25) is 10.0 Å². The third-order valence-corrected chi connectivity index (χ3v) is 5.15. The van der Waals surface area contributed by atoms with Crippen molar-refractivity contribution < 1.29 is 9.59 Å². The number of thioether (sulfide) groups is 1. The van der Waals surface area contributed by atoms with Crippen LogP contribution in [0, 0.1) is 0 Å². The minimum absolute atomic E-state index is 0.110. The molecular formula is C19H20Cl2N2O2S. The number of hydrogen-bond acceptors (Lipinski definition) is 3. The third-order valence-electron chi connectivity index (χ3n) is 3.43. The fourth-order valence-electron chi connectivity index (χ4n) is 2.29. The van der Waals surface area contributed by atoms with Crippen LogP contribution in [0.3, 0.4) is 0 Å². The number of hydrogen-bond donors (Lipinski definition) is 1. The highest BCUT2D eigenvalue weighted by Gasteiger charge is 2.19. The molecule has 1 N–H and O–H groups in total. The summed E-state index contributed by atoms with van der Waals surface area (Å²) in [6.07, 6.45) is 0. The number of likely N-dealkylation sites (N-methyl/N-ethyl adjacent to an activating group) is 1. The van der Waals surface area contributed by atoms with Gasteiger partial charge in [-0.25, -0.2) is 0 Å². The van der Waals surface area contributed by atoms with E-state index in [1.165, 1.54) is 4.90 Å². The topological polar surface area (TPSA) is 49.4 Å². The molecule has 0 spiro atoms. The molecule has 2 aromatic rings. The summed E-state index contributed by atoms with van der Waals surface area (Å²) >= 11 is 13.7. The van der Waals surface area contributed by atoms with Crippen LogP contribution in [-0.4, -0.2) is 35.6 Å². The zero-order valence-electron chi connectivity index (χ0n) is 14.8. The van der Waals surface area contributed by atoms with Gasteiger partial charge in [-0.2, -0.15) is 0 Å². The molecule has 0 aliphatic carbocycles. The van der Waals surface area contributed by atoms with Gasteiger partial charge in [0.25, 0.3) is 5.91 Å². The van der Waals surface area contributed by atoms with E-state index in [4.69, 9.17) is 23.2 Å². The molecule has 4 nitrogen and oxygen atoms in total. The largest absolute Gasteiger partial charge is 0.332 e. The first-order chi connectivity index (χ1) is 12.3. The summed E-state index contributed by atoms with van der Waals surface area (Å²) in [5.41, 5.74) is 0.926. The van der Waals surface area contributed by atoms with E-state index < -0.39 is 0 Å². The Bertz CT molecular complexity index is 792. The second kappa shape index (κ2) is 9.31. The van der Waals surface area contributed by atoms with Gasteiger partial charge >= 0.3 is 0 Å². The third kappa shape index (κ3) is 5.40. The van der Waals surface area contributed by atoms with Crippen molar-refractivity contribution in [2.75, 3.05) is 18.9 Å². The standard InChI is InChI=1S/C19H20Cl2N2O2S/c1-12(2)26-16-10-5-4-7-13(16)19(25)23(3)11-17(24)22-18-14(20)8-6-9-15(18)21/h4-10,12H,11H2,1-3H3,(H,22,24). The highest BCUT2D eigenvalue weighted by Crippen LogP contribution is 2.30. The maximum Gasteiger partial charge on any atom is 0.255 e. The highest BCUT2D eigenvalue weighted by molar-refractivity contribution is 8.00. The van der Waals surface area contributed by atoms with Crippen molar-refractivity contribution >= 4 is 52.5 Å². The molecule has 0 aliphatic heterocycles. The van der Waals surface area contributed by atoms with Crippen LogP contribution < -0.4 is 5.32 Å². The summed E-state index contributed by atoms with van der Waals surface area (Å²) < 4.78 is 0. The smallest absolute Gasteiger partial charge is 0.255 e. The number of carbonyl (C=O) groups is 2. The number of carbonyl (C=O) groups excluding carboxylic acids is 2. The van der Waals surface area contributed by atoms with Crippen molar-refractivity contribution in [3.05, 3.63) is 58.1 Å². The monoisotopic (exact) mass is 410 g/mol. The van der Waals surface area contributed by atoms with E-state index in [-0.39, 0.29) is 18.4 Å². The second-order valence-corrected chi connectivity index (χ2v) is 8.40. The van der Waals surface area contributed by atoms with Crippen LogP contribution in [0.15, 0.2) is 47.4 Å². The van der Waals surface area contributed by atoms with Crippen molar-refractivity contribution in [2.45, 2.75) is 24.0 Å². The highest BCUT2D eigenvalue weighted by atomic mass is 35.5. The normalized spacial score (nSPS) is 10.7. The summed E-state index contributed by atoms with van der Waals surface area (Å²) in [6, 6.07) is 12.4. The van der Waals surface area contributed by atoms with Gasteiger partial charge in [0.15, 0.2) is 0 Å². The summed E-state index contributed by atoms with van der Waals surface area (Å²) in [6.45, 7) is 4.02. The van der Waals surface area contributed by atoms with Gasteiger partial charge in [-0.05, 0) is 24.3 Å². The van der Waals surface area contributed by atoms with Crippen LogP contribution in [0.1, 0.15) is 24.2 Å². The van der Waals surface area contributed by atoms with Gasteiger partial charge in [0.1, 0.15) is 0 Å². The SMILES string of the molecule is CC(C)Sc1ccccc1C(=O)N(C)CC(=O)Nc1c(Cl)cccc1Cl. The zero-order chi connectivity index (χ0) is 19.3. The van der Waals surface area contributed by atoms with E-state index in [2.05, 4.69) is 19.2 Å². The number of halogens is 2. The van der Waals surface area contributed by atoms with Crippen molar-refractivity contribution in [1.82, 2.24) is 4.90 Å². The first kappa shape index (κ1) is 20.6. The Morgan fingerprint density at radius 2 is 1.69 bits per heavy atom. The van der Waals surface area contributed by atoms with Crippen molar-refractivity contribution in [2.24, 2.45) is 0 Å². The molecule has 0 atom stereocenters. The second-order valence-electron chi connectivity index (χ2n) is 5.97. The number of nitrogens with zero attached hydrogens (tertiary/aromatic N) is 1. The summed E-state index contributed by atoms with van der Waals surface area (Å²) in [7, 11) is 1.59. The Balaban J connectivity index is 2.09. The van der Waals surface area contributed by atoms with E-state index in [1.807, 2.05) is 18.2 Å². The van der Waals surface area contributed by atoms with Crippen LogP contribution in [-0.2, 0) is 4.79 Å². The average Bonchev–Trinajstić information content (AvgIpc) is 2.57. The Labute approximate surface area is 167 Å². The molecule has 0 unspecified atom stereocenters. The van der Waals surface area contributed by atoms with Crippen LogP contribution in [0.4, 0.5) is 5.69 Å². The lowest BCUT2D eigenvalue weighted by Crippen LogP contribution is -2.35. The van der Waals surface area contributed by atoms with Gasteiger partial charge in [0.2, 0.25) is 5.91 Å². The number of para-hydroxylation sites is 1. The molecule has 0 saturated heterocycles. The minimum Gasteiger partial charge on any atom is -0.332 e. The molecular weight excluding hydrogens is 391 g/mol. The van der Waals surface area contributed by atoms with E-state index in [9.17, 15) is 9.59 Å². The Kier molecular flexibility index (Phi) is 7.38. The summed E-state index contributed by atoms with van der Waals surface area (Å²) in [5, 5.41) is 3.70. The fraction of sp³-hybridized carbons (Fsp3) is 0.263. The van der Waals surface area contributed by atoms with Gasteiger partial charge in [0.05, 0.1) is 27.8 Å². The van der Waals surface area contributed by atoms with Crippen molar-refractivity contribution in [1.29, 1.82) is 0 Å². The molecule has 2 amide bonds. The molecule has 0 saturated carbocycles. The van der Waals surface area contributed by atoms with E-state index in [0.29, 0.717) is 26.5 Å². The number of benzene rings is 2. The van der Waals surface area contributed by atoms with E-state index in [0.717, 1.165) is 4.90 Å². The lowest BCUT2D eigenvalue weighted by atomic mass is 10.2. The van der Waals surface area contributed by atoms with Gasteiger partial charge in [-0.1, -0.05) is 55.2 Å². The Morgan fingerprint density at radius 3 is 2.31 bits per heavy atom.